The number of aromatic nitrogens is 1. The van der Waals surface area contributed by atoms with E-state index >= 15 is 0 Å². The Morgan fingerprint density at radius 2 is 2.18 bits per heavy atom. The Morgan fingerprint density at radius 1 is 1.32 bits per heavy atom. The molecule has 1 aliphatic rings. The van der Waals surface area contributed by atoms with Gasteiger partial charge in [-0.3, -0.25) is 9.59 Å². The summed E-state index contributed by atoms with van der Waals surface area (Å²) in [6.07, 6.45) is 1.84. The summed E-state index contributed by atoms with van der Waals surface area (Å²) >= 11 is 6.00. The lowest BCUT2D eigenvalue weighted by atomic mass is 10.1. The molecule has 1 unspecified atom stereocenters. The van der Waals surface area contributed by atoms with Crippen molar-refractivity contribution in [3.05, 3.63) is 53.2 Å². The molecule has 0 aliphatic carbocycles. The van der Waals surface area contributed by atoms with Crippen LogP contribution in [0, 0.1) is 5.92 Å². The Morgan fingerprint density at radius 3 is 2.89 bits per heavy atom. The molecule has 7 nitrogen and oxygen atoms in total. The molecule has 8 heteroatoms. The number of rotatable bonds is 8. The Kier molecular flexibility index (Phi) is 6.84. The molecule has 1 aliphatic heterocycles. The van der Waals surface area contributed by atoms with Gasteiger partial charge in [0.1, 0.15) is 6.61 Å². The van der Waals surface area contributed by atoms with E-state index in [9.17, 15) is 9.59 Å². The van der Waals surface area contributed by atoms with Gasteiger partial charge in [0.15, 0.2) is 0 Å². The van der Waals surface area contributed by atoms with E-state index < -0.39 is 5.92 Å². The summed E-state index contributed by atoms with van der Waals surface area (Å²) in [6, 6.07) is 10.7. The third-order valence-corrected chi connectivity index (χ3v) is 4.65. The summed E-state index contributed by atoms with van der Waals surface area (Å²) < 4.78 is 10.3. The van der Waals surface area contributed by atoms with Gasteiger partial charge in [0.25, 0.3) is 0 Å². The third-order valence-electron chi connectivity index (χ3n) is 4.42. The first kappa shape index (κ1) is 20.1. The molecule has 2 amide bonds. The molecule has 0 bridgehead atoms. The molecule has 1 aromatic heterocycles. The number of hydrogen-bond donors (Lipinski definition) is 1. The van der Waals surface area contributed by atoms with E-state index in [1.54, 1.807) is 42.5 Å². The lowest BCUT2D eigenvalue weighted by Gasteiger charge is -2.17. The minimum absolute atomic E-state index is 0.0818. The summed E-state index contributed by atoms with van der Waals surface area (Å²) in [4.78, 5) is 30.6. The highest BCUT2D eigenvalue weighted by Gasteiger charge is 2.35. The highest BCUT2D eigenvalue weighted by molar-refractivity contribution is 6.31. The van der Waals surface area contributed by atoms with E-state index in [0.29, 0.717) is 42.9 Å². The minimum atomic E-state index is -0.393. The fraction of sp³-hybridized carbons (Fsp3) is 0.350. The average molecular weight is 404 g/mol. The van der Waals surface area contributed by atoms with Crippen LogP contribution in [0.4, 0.5) is 5.69 Å². The largest absolute Gasteiger partial charge is 0.475 e. The summed E-state index contributed by atoms with van der Waals surface area (Å²) in [6.45, 7) is 1.60. The lowest BCUT2D eigenvalue weighted by molar-refractivity contribution is -0.126. The molecule has 1 fully saturated rings. The van der Waals surface area contributed by atoms with Crippen LogP contribution in [0.3, 0.4) is 0 Å². The minimum Gasteiger partial charge on any atom is -0.475 e. The van der Waals surface area contributed by atoms with Crippen LogP contribution in [0.5, 0.6) is 5.88 Å². The summed E-state index contributed by atoms with van der Waals surface area (Å²) in [5, 5.41) is 3.43. The zero-order valence-electron chi connectivity index (χ0n) is 15.6. The number of methoxy groups -OCH3 is 1. The van der Waals surface area contributed by atoms with Gasteiger partial charge in [0, 0.05) is 49.6 Å². The molecule has 1 aromatic carbocycles. The monoisotopic (exact) mass is 403 g/mol. The molecular weight excluding hydrogens is 382 g/mol. The van der Waals surface area contributed by atoms with Gasteiger partial charge in [-0.25, -0.2) is 4.98 Å². The number of carbonyl (C=O) groups excluding carboxylic acids is 2. The van der Waals surface area contributed by atoms with Crippen molar-refractivity contribution in [3.8, 4) is 5.88 Å². The van der Waals surface area contributed by atoms with Gasteiger partial charge in [0.2, 0.25) is 17.7 Å². The van der Waals surface area contributed by atoms with E-state index in [1.165, 1.54) is 0 Å². The maximum Gasteiger partial charge on any atom is 0.227 e. The van der Waals surface area contributed by atoms with Crippen molar-refractivity contribution in [2.24, 2.45) is 5.92 Å². The molecule has 1 atom stereocenters. The second kappa shape index (κ2) is 9.52. The van der Waals surface area contributed by atoms with Crippen molar-refractivity contribution in [1.82, 2.24) is 10.3 Å². The van der Waals surface area contributed by atoms with E-state index in [2.05, 4.69) is 10.3 Å². The number of benzene rings is 1. The van der Waals surface area contributed by atoms with E-state index in [4.69, 9.17) is 21.1 Å². The van der Waals surface area contributed by atoms with Crippen molar-refractivity contribution in [3.63, 3.8) is 0 Å². The van der Waals surface area contributed by atoms with Crippen molar-refractivity contribution >= 4 is 29.1 Å². The van der Waals surface area contributed by atoms with Crippen LogP contribution in [0.15, 0.2) is 42.6 Å². The van der Waals surface area contributed by atoms with Crippen molar-refractivity contribution in [2.45, 2.75) is 13.0 Å². The molecule has 2 aromatic rings. The molecule has 0 saturated carbocycles. The fourth-order valence-electron chi connectivity index (χ4n) is 2.94. The molecule has 2 heterocycles. The maximum atomic E-state index is 12.5. The van der Waals surface area contributed by atoms with E-state index in [0.717, 1.165) is 5.56 Å². The van der Waals surface area contributed by atoms with Gasteiger partial charge < -0.3 is 19.7 Å². The molecule has 0 spiro atoms. The normalized spacial score (nSPS) is 16.3. The zero-order chi connectivity index (χ0) is 19.9. The zero-order valence-corrected chi connectivity index (χ0v) is 16.3. The number of amides is 2. The van der Waals surface area contributed by atoms with Crippen molar-refractivity contribution < 1.29 is 19.1 Å². The fourth-order valence-corrected chi connectivity index (χ4v) is 3.13. The number of halogens is 1. The van der Waals surface area contributed by atoms with Crippen LogP contribution in [0.25, 0.3) is 0 Å². The Balaban J connectivity index is 1.50. The van der Waals surface area contributed by atoms with Crippen LogP contribution >= 0.6 is 11.6 Å². The van der Waals surface area contributed by atoms with Crippen LogP contribution in [0.2, 0.25) is 5.02 Å². The Hall–Kier alpha value is -2.64. The van der Waals surface area contributed by atoms with Gasteiger partial charge in [-0.15, -0.1) is 0 Å². The number of hydrogen-bond acceptors (Lipinski definition) is 5. The molecule has 1 saturated heterocycles. The van der Waals surface area contributed by atoms with Gasteiger partial charge in [0.05, 0.1) is 12.5 Å². The molecule has 0 radical (unpaired) electrons. The molecule has 148 valence electrons. The highest BCUT2D eigenvalue weighted by Crippen LogP contribution is 2.27. The second-order valence-electron chi connectivity index (χ2n) is 6.45. The van der Waals surface area contributed by atoms with E-state index in [1.807, 2.05) is 12.1 Å². The third kappa shape index (κ3) is 5.21. The predicted molar refractivity (Wildman–Crippen MR) is 105 cm³/mol. The SMILES string of the molecule is COCCOc1ccc(CNC(=O)C2CC(=O)N(c3cccc(Cl)c3)C2)cn1. The predicted octanol–water partition coefficient (Wildman–Crippen LogP) is 2.43. The Labute approximate surface area is 168 Å². The van der Waals surface area contributed by atoms with Crippen LogP contribution in [-0.2, 0) is 20.9 Å². The number of pyridine rings is 1. The second-order valence-corrected chi connectivity index (χ2v) is 6.89. The molecule has 3 rings (SSSR count). The van der Waals surface area contributed by atoms with Crippen molar-refractivity contribution in [1.29, 1.82) is 0 Å². The van der Waals surface area contributed by atoms with Crippen molar-refractivity contribution in [2.75, 3.05) is 31.8 Å². The topological polar surface area (TPSA) is 80.8 Å². The highest BCUT2D eigenvalue weighted by atomic mass is 35.5. The number of nitrogens with one attached hydrogen (secondary N) is 1. The molecular formula is C20H22ClN3O4. The lowest BCUT2D eigenvalue weighted by Crippen LogP contribution is -2.32. The quantitative estimate of drug-likeness (QED) is 0.685. The summed E-state index contributed by atoms with van der Waals surface area (Å²) in [5.74, 6) is -0.123. The standard InChI is InChI=1S/C20H22ClN3O4/c1-27-7-8-28-18-6-5-14(11-22-18)12-23-20(26)15-9-19(25)24(13-15)17-4-2-3-16(21)10-17/h2-6,10-11,15H,7-9,12-13H2,1H3,(H,23,26). The number of nitrogens with zero attached hydrogens (tertiary/aromatic N) is 2. The van der Waals surface area contributed by atoms with Gasteiger partial charge in [-0.1, -0.05) is 23.7 Å². The molecule has 1 N–H and O–H groups in total. The molecule has 28 heavy (non-hydrogen) atoms. The number of ether oxygens (including phenoxy) is 2. The van der Waals surface area contributed by atoms with Gasteiger partial charge in [-0.2, -0.15) is 0 Å². The smallest absolute Gasteiger partial charge is 0.227 e. The van der Waals surface area contributed by atoms with Gasteiger partial charge >= 0.3 is 0 Å². The van der Waals surface area contributed by atoms with Crippen LogP contribution < -0.4 is 15.0 Å². The number of anilines is 1. The first-order valence-corrected chi connectivity index (χ1v) is 9.35. The summed E-state index contributed by atoms with van der Waals surface area (Å²) in [5.41, 5.74) is 1.56. The van der Waals surface area contributed by atoms with Crippen LogP contribution in [-0.4, -0.2) is 43.7 Å². The summed E-state index contributed by atoms with van der Waals surface area (Å²) in [7, 11) is 1.61. The first-order valence-electron chi connectivity index (χ1n) is 8.97. The maximum absolute atomic E-state index is 12.5. The number of carbonyl (C=O) groups is 2. The van der Waals surface area contributed by atoms with Gasteiger partial charge in [-0.05, 0) is 23.8 Å². The first-order chi connectivity index (χ1) is 13.6. The Bertz CT molecular complexity index is 828. The average Bonchev–Trinajstić information content (AvgIpc) is 3.09. The van der Waals surface area contributed by atoms with E-state index in [-0.39, 0.29) is 18.2 Å². The van der Waals surface area contributed by atoms with Crippen LogP contribution in [0.1, 0.15) is 12.0 Å².